The molecule has 0 aromatic carbocycles. The summed E-state index contributed by atoms with van der Waals surface area (Å²) in [4.78, 5) is 11.1. The lowest BCUT2D eigenvalue weighted by atomic mass is 9.84. The van der Waals surface area contributed by atoms with Gasteiger partial charge in [-0.2, -0.15) is 0 Å². The molecule has 3 rings (SSSR count). The van der Waals surface area contributed by atoms with Gasteiger partial charge in [0.15, 0.2) is 5.13 Å². The van der Waals surface area contributed by atoms with Crippen LogP contribution in [0.3, 0.4) is 0 Å². The summed E-state index contributed by atoms with van der Waals surface area (Å²) in [5.74, 6) is 1.85. The van der Waals surface area contributed by atoms with Gasteiger partial charge in [-0.1, -0.05) is 0 Å². The number of piperidine rings is 1. The molecule has 19 heavy (non-hydrogen) atoms. The van der Waals surface area contributed by atoms with Crippen LogP contribution in [0, 0.1) is 25.7 Å². The zero-order valence-corrected chi connectivity index (χ0v) is 13.2. The largest absolute Gasteiger partial charge is 0.348 e. The van der Waals surface area contributed by atoms with E-state index in [2.05, 4.69) is 30.7 Å². The van der Waals surface area contributed by atoms with E-state index in [0.29, 0.717) is 0 Å². The van der Waals surface area contributed by atoms with Crippen LogP contribution in [0.15, 0.2) is 0 Å². The number of nitrogens with zero attached hydrogens (tertiary/aromatic N) is 3. The number of anilines is 1. The topological polar surface area (TPSA) is 19.4 Å². The number of rotatable bonds is 2. The zero-order valence-electron chi connectivity index (χ0n) is 12.4. The molecule has 106 valence electrons. The van der Waals surface area contributed by atoms with Crippen LogP contribution < -0.4 is 4.90 Å². The first-order valence-electron chi connectivity index (χ1n) is 7.51. The number of aromatic nitrogens is 1. The maximum Gasteiger partial charge on any atom is 0.185 e. The standard InChI is InChI=1S/C15H25N3S/c1-11-12(2)19-15(16-11)18-9-6-14(10-18)13-4-7-17(3)8-5-13/h13-14H,4-10H2,1-3H3. The Morgan fingerprint density at radius 1 is 1.05 bits per heavy atom. The van der Waals surface area contributed by atoms with Gasteiger partial charge in [0, 0.05) is 18.0 Å². The summed E-state index contributed by atoms with van der Waals surface area (Å²) >= 11 is 1.87. The highest BCUT2D eigenvalue weighted by atomic mass is 32.1. The van der Waals surface area contributed by atoms with E-state index in [0.717, 1.165) is 11.8 Å². The van der Waals surface area contributed by atoms with Crippen molar-refractivity contribution in [3.05, 3.63) is 10.6 Å². The van der Waals surface area contributed by atoms with Crippen LogP contribution in [0.2, 0.25) is 0 Å². The van der Waals surface area contributed by atoms with Gasteiger partial charge in [-0.25, -0.2) is 4.98 Å². The summed E-state index contributed by atoms with van der Waals surface area (Å²) in [6, 6.07) is 0. The van der Waals surface area contributed by atoms with Gasteiger partial charge in [-0.05, 0) is 65.1 Å². The maximum absolute atomic E-state index is 4.72. The lowest BCUT2D eigenvalue weighted by molar-refractivity contribution is 0.178. The maximum atomic E-state index is 4.72. The molecule has 0 spiro atoms. The van der Waals surface area contributed by atoms with Crippen LogP contribution in [-0.2, 0) is 0 Å². The van der Waals surface area contributed by atoms with Crippen LogP contribution in [0.25, 0.3) is 0 Å². The summed E-state index contributed by atoms with van der Waals surface area (Å²) in [5.41, 5.74) is 1.21. The van der Waals surface area contributed by atoms with E-state index in [-0.39, 0.29) is 0 Å². The van der Waals surface area contributed by atoms with Crippen molar-refractivity contribution in [1.29, 1.82) is 0 Å². The summed E-state index contributed by atoms with van der Waals surface area (Å²) in [7, 11) is 2.25. The van der Waals surface area contributed by atoms with Crippen molar-refractivity contribution in [3.8, 4) is 0 Å². The predicted octanol–water partition coefficient (Wildman–Crippen LogP) is 2.93. The van der Waals surface area contributed by atoms with Crippen molar-refractivity contribution in [2.75, 3.05) is 38.1 Å². The van der Waals surface area contributed by atoms with Crippen LogP contribution in [0.4, 0.5) is 5.13 Å². The molecule has 0 N–H and O–H groups in total. The Morgan fingerprint density at radius 3 is 2.37 bits per heavy atom. The Kier molecular flexibility index (Phi) is 3.81. The highest BCUT2D eigenvalue weighted by Crippen LogP contribution is 2.35. The van der Waals surface area contributed by atoms with Gasteiger partial charge in [0.25, 0.3) is 0 Å². The highest BCUT2D eigenvalue weighted by Gasteiger charge is 2.32. The van der Waals surface area contributed by atoms with E-state index in [4.69, 9.17) is 4.98 Å². The molecule has 2 aliphatic rings. The zero-order chi connectivity index (χ0) is 13.4. The molecule has 0 aliphatic carbocycles. The second kappa shape index (κ2) is 5.41. The van der Waals surface area contributed by atoms with Gasteiger partial charge in [0.2, 0.25) is 0 Å². The Balaban J connectivity index is 1.61. The lowest BCUT2D eigenvalue weighted by Crippen LogP contribution is -2.34. The minimum Gasteiger partial charge on any atom is -0.348 e. The number of hydrogen-bond acceptors (Lipinski definition) is 4. The monoisotopic (exact) mass is 279 g/mol. The van der Waals surface area contributed by atoms with Gasteiger partial charge in [-0.3, -0.25) is 0 Å². The second-order valence-electron chi connectivity index (χ2n) is 6.27. The van der Waals surface area contributed by atoms with Crippen LogP contribution >= 0.6 is 11.3 Å². The molecular weight excluding hydrogens is 254 g/mol. The molecular formula is C15H25N3S. The minimum absolute atomic E-state index is 0.901. The van der Waals surface area contributed by atoms with Crippen LogP contribution in [0.1, 0.15) is 29.8 Å². The Hall–Kier alpha value is -0.610. The molecule has 3 nitrogen and oxygen atoms in total. The fourth-order valence-corrected chi connectivity index (χ4v) is 4.38. The Morgan fingerprint density at radius 2 is 1.74 bits per heavy atom. The minimum atomic E-state index is 0.901. The van der Waals surface area contributed by atoms with E-state index in [9.17, 15) is 0 Å². The summed E-state index contributed by atoms with van der Waals surface area (Å²) in [6.45, 7) is 9.33. The molecule has 0 radical (unpaired) electrons. The molecule has 2 fully saturated rings. The first-order valence-corrected chi connectivity index (χ1v) is 8.32. The van der Waals surface area contributed by atoms with Gasteiger partial charge < -0.3 is 9.80 Å². The quantitative estimate of drug-likeness (QED) is 0.830. The fourth-order valence-electron chi connectivity index (χ4n) is 3.44. The number of aryl methyl sites for hydroxylation is 2. The third kappa shape index (κ3) is 2.79. The summed E-state index contributed by atoms with van der Waals surface area (Å²) in [6.07, 6.45) is 4.15. The van der Waals surface area contributed by atoms with E-state index >= 15 is 0 Å². The number of hydrogen-bond donors (Lipinski definition) is 0. The normalized spacial score (nSPS) is 26.3. The van der Waals surface area contributed by atoms with Crippen molar-refractivity contribution in [2.24, 2.45) is 11.8 Å². The van der Waals surface area contributed by atoms with Crippen LogP contribution in [-0.4, -0.2) is 43.1 Å². The molecule has 2 aliphatic heterocycles. The van der Waals surface area contributed by atoms with E-state index in [1.165, 1.54) is 61.1 Å². The number of likely N-dealkylation sites (tertiary alicyclic amines) is 1. The van der Waals surface area contributed by atoms with Gasteiger partial charge >= 0.3 is 0 Å². The average molecular weight is 279 g/mol. The van der Waals surface area contributed by atoms with Crippen molar-refractivity contribution in [3.63, 3.8) is 0 Å². The van der Waals surface area contributed by atoms with Crippen molar-refractivity contribution in [2.45, 2.75) is 33.1 Å². The van der Waals surface area contributed by atoms with Gasteiger partial charge in [0.1, 0.15) is 0 Å². The highest BCUT2D eigenvalue weighted by molar-refractivity contribution is 7.15. The summed E-state index contributed by atoms with van der Waals surface area (Å²) in [5, 5.41) is 1.26. The predicted molar refractivity (Wildman–Crippen MR) is 82.1 cm³/mol. The van der Waals surface area contributed by atoms with Crippen molar-refractivity contribution >= 4 is 16.5 Å². The third-order valence-corrected chi connectivity index (χ3v) is 6.08. The third-order valence-electron chi connectivity index (χ3n) is 4.94. The molecule has 2 saturated heterocycles. The van der Waals surface area contributed by atoms with E-state index in [1.807, 2.05) is 11.3 Å². The Bertz CT molecular complexity index is 415. The van der Waals surface area contributed by atoms with E-state index in [1.54, 1.807) is 0 Å². The molecule has 0 bridgehead atoms. The molecule has 0 amide bonds. The molecule has 4 heteroatoms. The fraction of sp³-hybridized carbons (Fsp3) is 0.800. The molecule has 0 saturated carbocycles. The first kappa shape index (κ1) is 13.4. The van der Waals surface area contributed by atoms with Crippen molar-refractivity contribution < 1.29 is 0 Å². The Labute approximate surface area is 120 Å². The molecule has 1 aromatic rings. The number of thiazole rings is 1. The van der Waals surface area contributed by atoms with E-state index < -0.39 is 0 Å². The SMILES string of the molecule is Cc1nc(N2CCC(C3CCN(C)CC3)C2)sc1C. The van der Waals surface area contributed by atoms with Crippen molar-refractivity contribution in [1.82, 2.24) is 9.88 Å². The smallest absolute Gasteiger partial charge is 0.185 e. The molecule has 1 unspecified atom stereocenters. The lowest BCUT2D eigenvalue weighted by Gasteiger charge is -2.32. The molecule has 3 heterocycles. The molecule has 1 atom stereocenters. The second-order valence-corrected chi connectivity index (χ2v) is 7.46. The average Bonchev–Trinajstić information content (AvgIpc) is 2.99. The summed E-state index contributed by atoms with van der Waals surface area (Å²) < 4.78 is 0. The van der Waals surface area contributed by atoms with Gasteiger partial charge in [-0.15, -0.1) is 11.3 Å². The van der Waals surface area contributed by atoms with Crippen LogP contribution in [0.5, 0.6) is 0 Å². The first-order chi connectivity index (χ1) is 9.13. The van der Waals surface area contributed by atoms with Gasteiger partial charge in [0.05, 0.1) is 5.69 Å². The molecule has 1 aromatic heterocycles.